The van der Waals surface area contributed by atoms with Crippen molar-refractivity contribution in [1.29, 1.82) is 0 Å². The van der Waals surface area contributed by atoms with Crippen molar-refractivity contribution >= 4 is 34.4 Å². The molecule has 0 aliphatic heterocycles. The number of carboxylic acids is 1. The standard InChI is InChI=1S/C16H17N3O4S/c1-16(8-14(21)22,7-11-5-3-2-4-6-11)23-19-12(9-20)13-10-24-15(17)18-13/h2-6,9-10H,7-8H2,1H3,(H2,17,18)(H,21,22)/b19-12+. The Morgan fingerprint density at radius 2 is 2.17 bits per heavy atom. The summed E-state index contributed by atoms with van der Waals surface area (Å²) in [6.07, 6.45) is 0.559. The molecule has 0 amide bonds. The topological polar surface area (TPSA) is 115 Å². The Bertz CT molecular complexity index is 745. The number of nitrogen functional groups attached to an aromatic ring is 1. The number of hydrogen-bond donors (Lipinski definition) is 2. The molecular weight excluding hydrogens is 330 g/mol. The lowest BCUT2D eigenvalue weighted by Crippen LogP contribution is -2.33. The summed E-state index contributed by atoms with van der Waals surface area (Å²) in [5, 5.41) is 14.8. The normalized spacial score (nSPS) is 14.0. The third-order valence-corrected chi connectivity index (χ3v) is 3.88. The van der Waals surface area contributed by atoms with Crippen molar-refractivity contribution in [2.24, 2.45) is 5.16 Å². The Kier molecular flexibility index (Phi) is 5.64. The zero-order valence-corrected chi connectivity index (χ0v) is 13.8. The number of aliphatic carboxylic acids is 1. The molecular formula is C16H17N3O4S. The molecule has 2 aromatic rings. The minimum absolute atomic E-state index is 0.0346. The quantitative estimate of drug-likeness (QED) is 0.429. The number of anilines is 1. The van der Waals surface area contributed by atoms with E-state index in [1.807, 2.05) is 30.3 Å². The highest BCUT2D eigenvalue weighted by Crippen LogP contribution is 2.23. The van der Waals surface area contributed by atoms with Crippen molar-refractivity contribution in [2.75, 3.05) is 5.73 Å². The van der Waals surface area contributed by atoms with Crippen LogP contribution in [0.15, 0.2) is 40.9 Å². The van der Waals surface area contributed by atoms with Crippen LogP contribution in [-0.4, -0.2) is 33.7 Å². The second kappa shape index (κ2) is 7.69. The van der Waals surface area contributed by atoms with Gasteiger partial charge in [0.1, 0.15) is 11.3 Å². The molecule has 2 rings (SSSR count). The highest BCUT2D eigenvalue weighted by Gasteiger charge is 2.31. The molecule has 7 nitrogen and oxygen atoms in total. The molecule has 1 heterocycles. The maximum Gasteiger partial charge on any atom is 0.307 e. The van der Waals surface area contributed by atoms with Crippen LogP contribution in [0.2, 0.25) is 0 Å². The summed E-state index contributed by atoms with van der Waals surface area (Å²) < 4.78 is 0. The average molecular weight is 347 g/mol. The number of rotatable bonds is 8. The first-order chi connectivity index (χ1) is 11.4. The van der Waals surface area contributed by atoms with Crippen LogP contribution in [0.1, 0.15) is 24.6 Å². The van der Waals surface area contributed by atoms with Gasteiger partial charge in [0.15, 0.2) is 17.1 Å². The number of carbonyl (C=O) groups excluding carboxylic acids is 1. The Balaban J connectivity index is 2.22. The van der Waals surface area contributed by atoms with Gasteiger partial charge in [0.25, 0.3) is 0 Å². The maximum absolute atomic E-state index is 11.2. The fourth-order valence-electron chi connectivity index (χ4n) is 2.17. The van der Waals surface area contributed by atoms with E-state index in [2.05, 4.69) is 10.1 Å². The molecule has 3 N–H and O–H groups in total. The van der Waals surface area contributed by atoms with Gasteiger partial charge >= 0.3 is 5.97 Å². The van der Waals surface area contributed by atoms with Crippen LogP contribution in [0.4, 0.5) is 5.13 Å². The van der Waals surface area contributed by atoms with Crippen LogP contribution < -0.4 is 5.73 Å². The third-order valence-electron chi connectivity index (χ3n) is 3.21. The van der Waals surface area contributed by atoms with E-state index < -0.39 is 11.6 Å². The number of aromatic nitrogens is 1. The van der Waals surface area contributed by atoms with E-state index in [0.717, 1.165) is 5.56 Å². The van der Waals surface area contributed by atoms with E-state index in [4.69, 9.17) is 15.7 Å². The van der Waals surface area contributed by atoms with Crippen LogP contribution in [0, 0.1) is 0 Å². The van der Waals surface area contributed by atoms with Crippen LogP contribution in [0.3, 0.4) is 0 Å². The van der Waals surface area contributed by atoms with Crippen LogP contribution >= 0.6 is 11.3 Å². The molecule has 1 aromatic heterocycles. The van der Waals surface area contributed by atoms with Gasteiger partial charge in [0.2, 0.25) is 0 Å². The molecule has 1 aromatic carbocycles. The van der Waals surface area contributed by atoms with E-state index in [1.165, 1.54) is 11.3 Å². The number of oxime groups is 1. The fourth-order valence-corrected chi connectivity index (χ4v) is 2.72. The molecule has 126 valence electrons. The highest BCUT2D eigenvalue weighted by atomic mass is 32.1. The lowest BCUT2D eigenvalue weighted by Gasteiger charge is -2.25. The van der Waals surface area contributed by atoms with Gasteiger partial charge in [-0.15, -0.1) is 11.3 Å². The lowest BCUT2D eigenvalue weighted by atomic mass is 9.93. The molecule has 1 unspecified atom stereocenters. The predicted octanol–water partition coefficient (Wildman–Crippen LogP) is 2.12. The monoisotopic (exact) mass is 347 g/mol. The molecule has 1 atom stereocenters. The molecule has 24 heavy (non-hydrogen) atoms. The van der Waals surface area contributed by atoms with Crippen molar-refractivity contribution in [2.45, 2.75) is 25.4 Å². The van der Waals surface area contributed by atoms with Crippen LogP contribution in [0.5, 0.6) is 0 Å². The Hall–Kier alpha value is -2.74. The SMILES string of the molecule is CC(CC(=O)O)(Cc1ccccc1)O/N=C(\C=O)c1csc(N)n1. The fraction of sp³-hybridized carbons (Fsp3) is 0.250. The largest absolute Gasteiger partial charge is 0.481 e. The summed E-state index contributed by atoms with van der Waals surface area (Å²) >= 11 is 1.17. The van der Waals surface area contributed by atoms with E-state index in [-0.39, 0.29) is 12.1 Å². The number of thiazole rings is 1. The molecule has 0 aliphatic rings. The predicted molar refractivity (Wildman–Crippen MR) is 91.0 cm³/mol. The van der Waals surface area contributed by atoms with Crippen molar-refractivity contribution in [3.63, 3.8) is 0 Å². The molecule has 0 spiro atoms. The van der Waals surface area contributed by atoms with Gasteiger partial charge in [-0.3, -0.25) is 9.59 Å². The number of hydrogen-bond acceptors (Lipinski definition) is 7. The van der Waals surface area contributed by atoms with E-state index in [1.54, 1.807) is 12.3 Å². The summed E-state index contributed by atoms with van der Waals surface area (Å²) in [5.74, 6) is -1.02. The zero-order valence-electron chi connectivity index (χ0n) is 13.0. The molecule has 0 saturated carbocycles. The van der Waals surface area contributed by atoms with E-state index >= 15 is 0 Å². The van der Waals surface area contributed by atoms with Gasteiger partial charge in [0.05, 0.1) is 6.42 Å². The van der Waals surface area contributed by atoms with Gasteiger partial charge in [-0.2, -0.15) is 0 Å². The minimum Gasteiger partial charge on any atom is -0.481 e. The third kappa shape index (κ3) is 4.88. The highest BCUT2D eigenvalue weighted by molar-refractivity contribution is 7.13. The smallest absolute Gasteiger partial charge is 0.307 e. The molecule has 0 radical (unpaired) electrons. The zero-order chi connectivity index (χ0) is 17.6. The number of benzene rings is 1. The van der Waals surface area contributed by atoms with Gasteiger partial charge in [0, 0.05) is 11.8 Å². The number of aldehydes is 1. The number of nitrogens with zero attached hydrogens (tertiary/aromatic N) is 2. The molecule has 0 aliphatic carbocycles. The van der Waals surface area contributed by atoms with Crippen molar-refractivity contribution in [1.82, 2.24) is 4.98 Å². The first kappa shape index (κ1) is 17.6. The summed E-state index contributed by atoms with van der Waals surface area (Å²) in [5.41, 5.74) is 5.60. The van der Waals surface area contributed by atoms with Crippen LogP contribution in [0.25, 0.3) is 0 Å². The maximum atomic E-state index is 11.2. The first-order valence-corrected chi connectivity index (χ1v) is 7.98. The second-order valence-electron chi connectivity index (χ2n) is 5.44. The van der Waals surface area contributed by atoms with Crippen LogP contribution in [-0.2, 0) is 20.8 Å². The average Bonchev–Trinajstić information content (AvgIpc) is 2.94. The molecule has 8 heteroatoms. The Morgan fingerprint density at radius 3 is 2.71 bits per heavy atom. The molecule has 0 saturated heterocycles. The lowest BCUT2D eigenvalue weighted by molar-refractivity contribution is -0.144. The van der Waals surface area contributed by atoms with Crippen molar-refractivity contribution in [3.05, 3.63) is 47.0 Å². The van der Waals surface area contributed by atoms with E-state index in [9.17, 15) is 9.59 Å². The molecule has 0 bridgehead atoms. The second-order valence-corrected chi connectivity index (χ2v) is 6.33. The van der Waals surface area contributed by atoms with Gasteiger partial charge < -0.3 is 15.7 Å². The number of carboxylic acid groups (broad SMARTS) is 1. The van der Waals surface area contributed by atoms with Gasteiger partial charge in [-0.05, 0) is 12.5 Å². The summed E-state index contributed by atoms with van der Waals surface area (Å²) in [6, 6.07) is 9.32. The summed E-state index contributed by atoms with van der Waals surface area (Å²) in [6.45, 7) is 1.63. The number of carbonyl (C=O) groups is 2. The van der Waals surface area contributed by atoms with Gasteiger partial charge in [-0.1, -0.05) is 35.5 Å². The first-order valence-electron chi connectivity index (χ1n) is 7.10. The Labute approximate surface area is 142 Å². The van der Waals surface area contributed by atoms with Crippen molar-refractivity contribution in [3.8, 4) is 0 Å². The number of nitrogens with two attached hydrogens (primary N) is 1. The Morgan fingerprint density at radius 1 is 1.46 bits per heavy atom. The summed E-state index contributed by atoms with van der Waals surface area (Å²) in [4.78, 5) is 31.8. The molecule has 0 fully saturated rings. The van der Waals surface area contributed by atoms with Crippen molar-refractivity contribution < 1.29 is 19.5 Å². The van der Waals surface area contributed by atoms with E-state index in [0.29, 0.717) is 23.5 Å². The minimum atomic E-state index is -1.11. The van der Waals surface area contributed by atoms with Gasteiger partial charge in [-0.25, -0.2) is 4.98 Å². The summed E-state index contributed by atoms with van der Waals surface area (Å²) in [7, 11) is 0.